The molecule has 15 heavy (non-hydrogen) atoms. The summed E-state index contributed by atoms with van der Waals surface area (Å²) in [5.74, 6) is -0.0273. The average molecular weight is 227 g/mol. The van der Waals surface area contributed by atoms with Crippen molar-refractivity contribution < 1.29 is 4.79 Å². The second-order valence-corrected chi connectivity index (χ2v) is 3.74. The molecule has 0 spiro atoms. The molecule has 1 rings (SSSR count). The Kier molecular flexibility index (Phi) is 4.59. The van der Waals surface area contributed by atoms with Crippen LogP contribution in [0.2, 0.25) is 5.02 Å². The fraction of sp³-hybridized carbons (Fsp3) is 0.364. The number of amides is 1. The minimum Gasteiger partial charge on any atom is -0.325 e. The van der Waals surface area contributed by atoms with Crippen molar-refractivity contribution in [2.75, 3.05) is 18.9 Å². The molecule has 0 aliphatic heterocycles. The highest BCUT2D eigenvalue weighted by molar-refractivity contribution is 6.33. The van der Waals surface area contributed by atoms with Gasteiger partial charge in [0.15, 0.2) is 0 Å². The number of aryl methyl sites for hydroxylation is 1. The van der Waals surface area contributed by atoms with E-state index in [2.05, 4.69) is 10.6 Å². The molecule has 0 saturated carbocycles. The van der Waals surface area contributed by atoms with Crippen molar-refractivity contribution in [3.63, 3.8) is 0 Å². The van der Waals surface area contributed by atoms with Crippen LogP contribution in [0.4, 0.5) is 5.69 Å². The Morgan fingerprint density at radius 2 is 2.20 bits per heavy atom. The Balaban J connectivity index is 2.68. The molecule has 3 nitrogen and oxygen atoms in total. The summed E-state index contributed by atoms with van der Waals surface area (Å²) in [4.78, 5) is 11.5. The van der Waals surface area contributed by atoms with Gasteiger partial charge < -0.3 is 10.6 Å². The zero-order chi connectivity index (χ0) is 11.3. The minimum atomic E-state index is -0.0273. The van der Waals surface area contributed by atoms with Gasteiger partial charge in [-0.05, 0) is 25.6 Å². The van der Waals surface area contributed by atoms with Crippen LogP contribution in [0.5, 0.6) is 0 Å². The number of rotatable bonds is 4. The van der Waals surface area contributed by atoms with E-state index in [-0.39, 0.29) is 5.91 Å². The van der Waals surface area contributed by atoms with Crippen LogP contribution in [0.15, 0.2) is 18.2 Å². The second kappa shape index (κ2) is 5.73. The topological polar surface area (TPSA) is 41.1 Å². The van der Waals surface area contributed by atoms with Crippen molar-refractivity contribution >= 4 is 23.2 Å². The molecule has 1 amide bonds. The van der Waals surface area contributed by atoms with Crippen molar-refractivity contribution in [3.8, 4) is 0 Å². The molecule has 1 aromatic rings. The number of carbonyl (C=O) groups is 1. The van der Waals surface area contributed by atoms with E-state index in [1.54, 1.807) is 6.07 Å². The average Bonchev–Trinajstić information content (AvgIpc) is 2.21. The molecule has 82 valence electrons. The van der Waals surface area contributed by atoms with Gasteiger partial charge in [0, 0.05) is 13.0 Å². The summed E-state index contributed by atoms with van der Waals surface area (Å²) >= 11 is 5.98. The molecule has 0 radical (unpaired) electrons. The maximum Gasteiger partial charge on any atom is 0.225 e. The van der Waals surface area contributed by atoms with Crippen LogP contribution in [0.1, 0.15) is 12.0 Å². The standard InChI is InChI=1S/C11H15ClN2O/c1-8-4-3-5-9(12)11(8)14-10(15)6-7-13-2/h3-5,13H,6-7H2,1-2H3,(H,14,15). The zero-order valence-corrected chi connectivity index (χ0v) is 9.69. The highest BCUT2D eigenvalue weighted by atomic mass is 35.5. The number of hydrogen-bond donors (Lipinski definition) is 2. The molecule has 1 aromatic carbocycles. The van der Waals surface area contributed by atoms with E-state index < -0.39 is 0 Å². The normalized spacial score (nSPS) is 10.1. The third-order valence-corrected chi connectivity index (χ3v) is 2.40. The van der Waals surface area contributed by atoms with Gasteiger partial charge in [0.25, 0.3) is 0 Å². The quantitative estimate of drug-likeness (QED) is 0.827. The first-order valence-electron chi connectivity index (χ1n) is 4.84. The van der Waals surface area contributed by atoms with Crippen LogP contribution in [0, 0.1) is 6.92 Å². The number of halogens is 1. The minimum absolute atomic E-state index is 0.0273. The summed E-state index contributed by atoms with van der Waals surface area (Å²) in [6.07, 6.45) is 0.446. The third-order valence-electron chi connectivity index (χ3n) is 2.09. The van der Waals surface area contributed by atoms with E-state index in [0.717, 1.165) is 5.56 Å². The van der Waals surface area contributed by atoms with E-state index >= 15 is 0 Å². The molecule has 0 fully saturated rings. The van der Waals surface area contributed by atoms with Crippen LogP contribution in [-0.4, -0.2) is 19.5 Å². The van der Waals surface area contributed by atoms with Gasteiger partial charge in [0.05, 0.1) is 10.7 Å². The number of benzene rings is 1. The van der Waals surface area contributed by atoms with E-state index in [1.807, 2.05) is 26.1 Å². The van der Waals surface area contributed by atoms with Crippen LogP contribution in [0.3, 0.4) is 0 Å². The lowest BCUT2D eigenvalue weighted by molar-refractivity contribution is -0.116. The smallest absolute Gasteiger partial charge is 0.225 e. The van der Waals surface area contributed by atoms with Crippen LogP contribution in [0.25, 0.3) is 0 Å². The molecular weight excluding hydrogens is 212 g/mol. The zero-order valence-electron chi connectivity index (χ0n) is 8.93. The van der Waals surface area contributed by atoms with Gasteiger partial charge in [0.1, 0.15) is 0 Å². The van der Waals surface area contributed by atoms with Crippen molar-refractivity contribution in [1.29, 1.82) is 0 Å². The molecule has 0 unspecified atom stereocenters. The molecule has 0 aliphatic carbocycles. The summed E-state index contributed by atoms with van der Waals surface area (Å²) < 4.78 is 0. The van der Waals surface area contributed by atoms with E-state index in [0.29, 0.717) is 23.7 Å². The third kappa shape index (κ3) is 3.53. The Morgan fingerprint density at radius 1 is 1.47 bits per heavy atom. The van der Waals surface area contributed by atoms with Crippen molar-refractivity contribution in [2.24, 2.45) is 0 Å². The lowest BCUT2D eigenvalue weighted by atomic mass is 10.2. The van der Waals surface area contributed by atoms with Crippen molar-refractivity contribution in [1.82, 2.24) is 5.32 Å². The van der Waals surface area contributed by atoms with Gasteiger partial charge in [-0.1, -0.05) is 23.7 Å². The lowest BCUT2D eigenvalue weighted by Gasteiger charge is -2.09. The number of nitrogens with one attached hydrogen (secondary N) is 2. The van der Waals surface area contributed by atoms with Gasteiger partial charge in [-0.3, -0.25) is 4.79 Å². The summed E-state index contributed by atoms with van der Waals surface area (Å²) in [5.41, 5.74) is 1.68. The number of hydrogen-bond acceptors (Lipinski definition) is 2. The molecule has 0 saturated heterocycles. The maximum absolute atomic E-state index is 11.5. The summed E-state index contributed by atoms with van der Waals surface area (Å²) in [5, 5.41) is 6.30. The molecule has 2 N–H and O–H groups in total. The van der Waals surface area contributed by atoms with E-state index in [9.17, 15) is 4.79 Å². The van der Waals surface area contributed by atoms with Crippen LogP contribution >= 0.6 is 11.6 Å². The highest BCUT2D eigenvalue weighted by Gasteiger charge is 2.07. The first-order valence-corrected chi connectivity index (χ1v) is 5.22. The van der Waals surface area contributed by atoms with Crippen LogP contribution in [-0.2, 0) is 4.79 Å². The Bertz CT molecular complexity index is 332. The largest absolute Gasteiger partial charge is 0.325 e. The number of para-hydroxylation sites is 1. The maximum atomic E-state index is 11.5. The van der Waals surface area contributed by atoms with Gasteiger partial charge >= 0.3 is 0 Å². The predicted molar refractivity (Wildman–Crippen MR) is 63.4 cm³/mol. The lowest BCUT2D eigenvalue weighted by Crippen LogP contribution is -2.19. The molecular formula is C11H15ClN2O. The molecule has 0 aliphatic rings. The monoisotopic (exact) mass is 226 g/mol. The van der Waals surface area contributed by atoms with Crippen molar-refractivity contribution in [2.45, 2.75) is 13.3 Å². The number of carbonyl (C=O) groups excluding carboxylic acids is 1. The predicted octanol–water partition coefficient (Wildman–Crippen LogP) is 2.20. The summed E-state index contributed by atoms with van der Waals surface area (Å²) in [6.45, 7) is 2.58. The first kappa shape index (κ1) is 12.0. The van der Waals surface area contributed by atoms with Gasteiger partial charge in [0.2, 0.25) is 5.91 Å². The van der Waals surface area contributed by atoms with Crippen molar-refractivity contribution in [3.05, 3.63) is 28.8 Å². The SMILES string of the molecule is CNCCC(=O)Nc1c(C)cccc1Cl. The second-order valence-electron chi connectivity index (χ2n) is 3.33. The Hall–Kier alpha value is -1.06. The first-order chi connectivity index (χ1) is 7.15. The molecule has 0 heterocycles. The Morgan fingerprint density at radius 3 is 2.80 bits per heavy atom. The van der Waals surface area contributed by atoms with Gasteiger partial charge in [-0.25, -0.2) is 0 Å². The number of anilines is 1. The Labute approximate surface area is 94.8 Å². The van der Waals surface area contributed by atoms with E-state index in [1.165, 1.54) is 0 Å². The summed E-state index contributed by atoms with van der Waals surface area (Å²) in [6, 6.07) is 5.54. The van der Waals surface area contributed by atoms with Gasteiger partial charge in [-0.2, -0.15) is 0 Å². The van der Waals surface area contributed by atoms with E-state index in [4.69, 9.17) is 11.6 Å². The van der Waals surface area contributed by atoms with Gasteiger partial charge in [-0.15, -0.1) is 0 Å². The molecule has 0 bridgehead atoms. The van der Waals surface area contributed by atoms with Crippen LogP contribution < -0.4 is 10.6 Å². The summed E-state index contributed by atoms with van der Waals surface area (Å²) in [7, 11) is 1.81. The molecule has 4 heteroatoms. The fourth-order valence-corrected chi connectivity index (χ4v) is 1.50. The molecule has 0 aromatic heterocycles. The molecule has 0 atom stereocenters. The fourth-order valence-electron chi connectivity index (χ4n) is 1.23. The highest BCUT2D eigenvalue weighted by Crippen LogP contribution is 2.25.